The van der Waals surface area contributed by atoms with Crippen LogP contribution >= 0.6 is 0 Å². The number of anilines is 1. The summed E-state index contributed by atoms with van der Waals surface area (Å²) >= 11 is 0. The Morgan fingerprint density at radius 3 is 2.83 bits per heavy atom. The second-order valence-electron chi connectivity index (χ2n) is 6.11. The SMILES string of the molecule is C[C@H]1CCC[C@@H](CNC(=O)C(=O)Nc2ccc(F)c(C#N)c2)C1. The summed E-state index contributed by atoms with van der Waals surface area (Å²) in [5.41, 5.74) is 0.0359. The molecule has 1 aliphatic carbocycles. The highest BCUT2D eigenvalue weighted by Crippen LogP contribution is 2.27. The Hall–Kier alpha value is -2.42. The zero-order chi connectivity index (χ0) is 16.8. The molecule has 0 bridgehead atoms. The van der Waals surface area contributed by atoms with E-state index in [2.05, 4.69) is 17.6 Å². The number of nitrogens with one attached hydrogen (secondary N) is 2. The van der Waals surface area contributed by atoms with Crippen LogP contribution in [0.1, 0.15) is 38.2 Å². The molecule has 5 nitrogen and oxygen atoms in total. The first kappa shape index (κ1) is 16.9. The van der Waals surface area contributed by atoms with Gasteiger partial charge in [0.05, 0.1) is 5.56 Å². The molecule has 0 radical (unpaired) electrons. The second kappa shape index (κ2) is 7.73. The average molecular weight is 317 g/mol. The van der Waals surface area contributed by atoms with Crippen LogP contribution in [-0.2, 0) is 9.59 Å². The summed E-state index contributed by atoms with van der Waals surface area (Å²) in [7, 11) is 0. The third-order valence-corrected chi connectivity index (χ3v) is 4.15. The summed E-state index contributed by atoms with van der Waals surface area (Å²) in [5, 5.41) is 13.8. The molecule has 0 unspecified atom stereocenters. The van der Waals surface area contributed by atoms with Crippen LogP contribution in [-0.4, -0.2) is 18.4 Å². The minimum Gasteiger partial charge on any atom is -0.348 e. The molecule has 2 amide bonds. The van der Waals surface area contributed by atoms with E-state index < -0.39 is 17.6 Å². The molecule has 2 atom stereocenters. The first-order valence-corrected chi connectivity index (χ1v) is 7.78. The molecule has 1 fully saturated rings. The maximum absolute atomic E-state index is 13.2. The molecule has 23 heavy (non-hydrogen) atoms. The number of amides is 2. The summed E-state index contributed by atoms with van der Waals surface area (Å²) in [6.07, 6.45) is 4.50. The number of nitrogens with zero attached hydrogens (tertiary/aromatic N) is 1. The van der Waals surface area contributed by atoms with Crippen LogP contribution in [0.25, 0.3) is 0 Å². The van der Waals surface area contributed by atoms with E-state index in [0.29, 0.717) is 18.4 Å². The minimum atomic E-state index is -0.815. The Bertz CT molecular complexity index is 639. The van der Waals surface area contributed by atoms with Gasteiger partial charge in [0.2, 0.25) is 0 Å². The lowest BCUT2D eigenvalue weighted by molar-refractivity contribution is -0.136. The number of halogens is 1. The van der Waals surface area contributed by atoms with Gasteiger partial charge in [-0.1, -0.05) is 19.8 Å². The lowest BCUT2D eigenvalue weighted by Gasteiger charge is -2.26. The molecule has 1 aromatic carbocycles. The Morgan fingerprint density at radius 1 is 1.35 bits per heavy atom. The predicted octanol–water partition coefficient (Wildman–Crippen LogP) is 2.58. The number of carbonyl (C=O) groups excluding carboxylic acids is 2. The van der Waals surface area contributed by atoms with E-state index in [1.165, 1.54) is 18.6 Å². The van der Waals surface area contributed by atoms with Gasteiger partial charge in [-0.3, -0.25) is 9.59 Å². The van der Waals surface area contributed by atoms with Crippen molar-refractivity contribution in [3.63, 3.8) is 0 Å². The fourth-order valence-corrected chi connectivity index (χ4v) is 2.94. The summed E-state index contributed by atoms with van der Waals surface area (Å²) in [6, 6.07) is 5.27. The van der Waals surface area contributed by atoms with Crippen molar-refractivity contribution in [2.75, 3.05) is 11.9 Å². The molecular formula is C17H20FN3O2. The van der Waals surface area contributed by atoms with E-state index in [1.807, 2.05) is 0 Å². The summed E-state index contributed by atoms with van der Waals surface area (Å²) < 4.78 is 13.2. The molecule has 122 valence electrons. The van der Waals surface area contributed by atoms with E-state index in [4.69, 9.17) is 5.26 Å². The fourth-order valence-electron chi connectivity index (χ4n) is 2.94. The van der Waals surface area contributed by atoms with E-state index in [1.54, 1.807) is 6.07 Å². The van der Waals surface area contributed by atoms with Gasteiger partial charge >= 0.3 is 11.8 Å². The molecule has 0 aliphatic heterocycles. The van der Waals surface area contributed by atoms with Crippen molar-refractivity contribution in [2.45, 2.75) is 32.6 Å². The van der Waals surface area contributed by atoms with Crippen LogP contribution in [0.2, 0.25) is 0 Å². The van der Waals surface area contributed by atoms with E-state index >= 15 is 0 Å². The lowest BCUT2D eigenvalue weighted by Crippen LogP contribution is -2.38. The Morgan fingerprint density at radius 2 is 2.13 bits per heavy atom. The van der Waals surface area contributed by atoms with Crippen molar-refractivity contribution in [3.8, 4) is 6.07 Å². The second-order valence-corrected chi connectivity index (χ2v) is 6.11. The van der Waals surface area contributed by atoms with E-state index in [9.17, 15) is 14.0 Å². The molecule has 0 heterocycles. The highest BCUT2D eigenvalue weighted by Gasteiger charge is 2.21. The fraction of sp³-hybridized carbons (Fsp3) is 0.471. The summed E-state index contributed by atoms with van der Waals surface area (Å²) in [6.45, 7) is 2.69. The van der Waals surface area contributed by atoms with Gasteiger partial charge in [-0.25, -0.2) is 4.39 Å². The van der Waals surface area contributed by atoms with Crippen molar-refractivity contribution in [1.29, 1.82) is 5.26 Å². The topological polar surface area (TPSA) is 82.0 Å². The number of benzene rings is 1. The number of hydrogen-bond acceptors (Lipinski definition) is 3. The molecule has 2 N–H and O–H groups in total. The van der Waals surface area contributed by atoms with Gasteiger partial charge < -0.3 is 10.6 Å². The van der Waals surface area contributed by atoms with Crippen molar-refractivity contribution in [3.05, 3.63) is 29.6 Å². The van der Waals surface area contributed by atoms with Crippen LogP contribution in [0.3, 0.4) is 0 Å². The number of rotatable bonds is 3. The first-order chi connectivity index (χ1) is 11.0. The molecule has 1 aliphatic rings. The van der Waals surface area contributed by atoms with Crippen LogP contribution in [0.5, 0.6) is 0 Å². The van der Waals surface area contributed by atoms with Gasteiger partial charge in [-0.2, -0.15) is 5.26 Å². The highest BCUT2D eigenvalue weighted by molar-refractivity contribution is 6.39. The molecule has 2 rings (SSSR count). The number of carbonyl (C=O) groups is 2. The first-order valence-electron chi connectivity index (χ1n) is 7.78. The quantitative estimate of drug-likeness (QED) is 0.841. The largest absolute Gasteiger partial charge is 0.348 e. The van der Waals surface area contributed by atoms with Gasteiger partial charge in [-0.15, -0.1) is 0 Å². The zero-order valence-corrected chi connectivity index (χ0v) is 13.1. The highest BCUT2D eigenvalue weighted by atomic mass is 19.1. The third-order valence-electron chi connectivity index (χ3n) is 4.15. The van der Waals surface area contributed by atoms with Crippen molar-refractivity contribution < 1.29 is 14.0 Å². The normalized spacial score (nSPS) is 20.4. The minimum absolute atomic E-state index is 0.181. The van der Waals surface area contributed by atoms with Gasteiger partial charge in [0.15, 0.2) is 0 Å². The van der Waals surface area contributed by atoms with E-state index in [0.717, 1.165) is 25.3 Å². The molecule has 0 spiro atoms. The van der Waals surface area contributed by atoms with Crippen molar-refractivity contribution >= 4 is 17.5 Å². The lowest BCUT2D eigenvalue weighted by atomic mass is 9.82. The zero-order valence-electron chi connectivity index (χ0n) is 13.1. The molecule has 1 saturated carbocycles. The van der Waals surface area contributed by atoms with Crippen LogP contribution in [0.4, 0.5) is 10.1 Å². The van der Waals surface area contributed by atoms with E-state index in [-0.39, 0.29) is 11.3 Å². The van der Waals surface area contributed by atoms with Gasteiger partial charge in [0, 0.05) is 12.2 Å². The number of hydrogen-bond donors (Lipinski definition) is 2. The maximum Gasteiger partial charge on any atom is 0.313 e. The van der Waals surface area contributed by atoms with Gasteiger partial charge in [0.25, 0.3) is 0 Å². The van der Waals surface area contributed by atoms with Crippen LogP contribution < -0.4 is 10.6 Å². The molecule has 0 saturated heterocycles. The summed E-state index contributed by atoms with van der Waals surface area (Å²) in [5.74, 6) is -1.13. The Labute approximate surface area is 134 Å². The third kappa shape index (κ3) is 4.78. The Balaban J connectivity index is 1.85. The van der Waals surface area contributed by atoms with Crippen LogP contribution in [0, 0.1) is 29.0 Å². The standard InChI is InChI=1S/C17H20FN3O2/c1-11-3-2-4-12(7-11)10-20-16(22)17(23)21-14-5-6-15(18)13(8-14)9-19/h5-6,8,11-12H,2-4,7,10H2,1H3,(H,20,22)(H,21,23)/t11-,12+/m0/s1. The van der Waals surface area contributed by atoms with Crippen LogP contribution in [0.15, 0.2) is 18.2 Å². The smallest absolute Gasteiger partial charge is 0.313 e. The van der Waals surface area contributed by atoms with Crippen molar-refractivity contribution in [2.24, 2.45) is 11.8 Å². The molecule has 1 aromatic rings. The molecule has 0 aromatic heterocycles. The molecular weight excluding hydrogens is 297 g/mol. The van der Waals surface area contributed by atoms with Crippen molar-refractivity contribution in [1.82, 2.24) is 5.32 Å². The summed E-state index contributed by atoms with van der Waals surface area (Å²) in [4.78, 5) is 23.7. The average Bonchev–Trinajstić information content (AvgIpc) is 2.54. The predicted molar refractivity (Wildman–Crippen MR) is 83.9 cm³/mol. The maximum atomic E-state index is 13.2. The Kier molecular flexibility index (Phi) is 5.69. The van der Waals surface area contributed by atoms with Gasteiger partial charge in [0.1, 0.15) is 11.9 Å². The monoisotopic (exact) mass is 317 g/mol. The number of nitriles is 1. The van der Waals surface area contributed by atoms with Gasteiger partial charge in [-0.05, 0) is 42.9 Å². The molecule has 6 heteroatoms.